The zero-order chi connectivity index (χ0) is 11.3. The van der Waals surface area contributed by atoms with Crippen LogP contribution >= 0.6 is 0 Å². The van der Waals surface area contributed by atoms with Crippen LogP contribution in [-0.4, -0.2) is 24.3 Å². The van der Waals surface area contributed by atoms with Crippen LogP contribution in [0.5, 0.6) is 0 Å². The molecular formula is C10H26O2Si. The SMILES string of the molecule is CC(C)(C)[Si](C)(C)O.CCC(C)O. The molecule has 0 saturated heterocycles. The van der Waals surface area contributed by atoms with Gasteiger partial charge in [-0.15, -0.1) is 0 Å². The molecule has 0 aromatic heterocycles. The smallest absolute Gasteiger partial charge is 0.187 e. The molecule has 0 spiro atoms. The van der Waals surface area contributed by atoms with Gasteiger partial charge >= 0.3 is 0 Å². The lowest BCUT2D eigenvalue weighted by Crippen LogP contribution is -2.36. The number of rotatable bonds is 1. The Morgan fingerprint density at radius 1 is 1.23 bits per heavy atom. The van der Waals surface area contributed by atoms with E-state index in [1.54, 1.807) is 6.92 Å². The van der Waals surface area contributed by atoms with Crippen molar-refractivity contribution in [3.8, 4) is 0 Å². The molecule has 0 amide bonds. The Morgan fingerprint density at radius 2 is 1.38 bits per heavy atom. The summed E-state index contributed by atoms with van der Waals surface area (Å²) in [6.45, 7) is 13.9. The Labute approximate surface area is 84.1 Å². The van der Waals surface area contributed by atoms with E-state index in [2.05, 4.69) is 20.8 Å². The van der Waals surface area contributed by atoms with Crippen molar-refractivity contribution in [2.45, 2.75) is 65.3 Å². The summed E-state index contributed by atoms with van der Waals surface area (Å²) in [5, 5.41) is 8.49. The standard InChI is InChI=1S/C6H16OSi.C4H10O/c1-6(2,3)8(4,5)7;1-3-4(2)5/h7H,1-5H3;4-5H,3H2,1-2H3. The second-order valence-electron chi connectivity index (χ2n) is 5.07. The molecular weight excluding hydrogens is 180 g/mol. The number of aliphatic hydroxyl groups is 1. The van der Waals surface area contributed by atoms with Gasteiger partial charge in [-0.2, -0.15) is 0 Å². The van der Waals surface area contributed by atoms with Gasteiger partial charge in [0, 0.05) is 0 Å². The highest BCUT2D eigenvalue weighted by Crippen LogP contribution is 2.33. The third-order valence-corrected chi connectivity index (χ3v) is 6.10. The summed E-state index contributed by atoms with van der Waals surface area (Å²) in [5.41, 5.74) is 0. The van der Waals surface area contributed by atoms with Gasteiger partial charge in [0.25, 0.3) is 0 Å². The molecule has 0 aromatic rings. The summed E-state index contributed by atoms with van der Waals surface area (Å²) < 4.78 is 0. The maximum Gasteiger partial charge on any atom is 0.187 e. The van der Waals surface area contributed by atoms with Gasteiger partial charge in [-0.05, 0) is 31.5 Å². The van der Waals surface area contributed by atoms with Crippen molar-refractivity contribution in [1.82, 2.24) is 0 Å². The molecule has 0 aliphatic heterocycles. The van der Waals surface area contributed by atoms with E-state index in [9.17, 15) is 4.80 Å². The Hall–Kier alpha value is 0.137. The molecule has 1 unspecified atom stereocenters. The highest BCUT2D eigenvalue weighted by atomic mass is 28.4. The molecule has 2 N–H and O–H groups in total. The van der Waals surface area contributed by atoms with Crippen LogP contribution < -0.4 is 0 Å². The van der Waals surface area contributed by atoms with Gasteiger partial charge in [0.05, 0.1) is 6.10 Å². The van der Waals surface area contributed by atoms with Gasteiger partial charge < -0.3 is 9.90 Å². The van der Waals surface area contributed by atoms with Crippen LogP contribution in [0.3, 0.4) is 0 Å². The number of hydrogen-bond donors (Lipinski definition) is 2. The lowest BCUT2D eigenvalue weighted by Gasteiger charge is -2.30. The summed E-state index contributed by atoms with van der Waals surface area (Å²) >= 11 is 0. The first-order valence-electron chi connectivity index (χ1n) is 4.92. The maximum atomic E-state index is 9.49. The van der Waals surface area contributed by atoms with E-state index >= 15 is 0 Å². The molecule has 0 aromatic carbocycles. The minimum absolute atomic E-state index is 0.116. The first kappa shape index (κ1) is 15.6. The van der Waals surface area contributed by atoms with Gasteiger partial charge in [0.2, 0.25) is 0 Å². The molecule has 3 heteroatoms. The fourth-order valence-corrected chi connectivity index (χ4v) is 0. The molecule has 0 rings (SSSR count). The van der Waals surface area contributed by atoms with Crippen molar-refractivity contribution >= 4 is 8.32 Å². The molecule has 0 heterocycles. The van der Waals surface area contributed by atoms with Gasteiger partial charge in [0.15, 0.2) is 8.32 Å². The Bertz CT molecular complexity index is 108. The van der Waals surface area contributed by atoms with E-state index in [1.807, 2.05) is 20.0 Å². The molecule has 0 aliphatic carbocycles. The highest BCUT2D eigenvalue weighted by Gasteiger charge is 2.32. The first-order valence-corrected chi connectivity index (χ1v) is 7.87. The molecule has 0 fully saturated rings. The lowest BCUT2D eigenvalue weighted by atomic mass is 10.2. The monoisotopic (exact) mass is 206 g/mol. The first-order chi connectivity index (χ1) is 5.52. The van der Waals surface area contributed by atoms with Crippen molar-refractivity contribution in [3.05, 3.63) is 0 Å². The molecule has 13 heavy (non-hydrogen) atoms. The van der Waals surface area contributed by atoms with Crippen LogP contribution in [0.2, 0.25) is 18.1 Å². The Kier molecular flexibility index (Phi) is 6.94. The largest absolute Gasteiger partial charge is 0.432 e. The third-order valence-electron chi connectivity index (χ3n) is 2.43. The fourth-order valence-electron chi connectivity index (χ4n) is 0. The van der Waals surface area contributed by atoms with Gasteiger partial charge in [-0.1, -0.05) is 27.7 Å². The topological polar surface area (TPSA) is 40.5 Å². The zero-order valence-corrected chi connectivity index (χ0v) is 11.2. The summed E-state index contributed by atoms with van der Waals surface area (Å²) in [4.78, 5) is 9.49. The quantitative estimate of drug-likeness (QED) is 0.648. The summed E-state index contributed by atoms with van der Waals surface area (Å²) in [6.07, 6.45) is 0.745. The van der Waals surface area contributed by atoms with Crippen molar-refractivity contribution in [2.75, 3.05) is 0 Å². The molecule has 2 nitrogen and oxygen atoms in total. The van der Waals surface area contributed by atoms with E-state index < -0.39 is 8.32 Å². The minimum atomic E-state index is -1.86. The van der Waals surface area contributed by atoms with Crippen molar-refractivity contribution in [3.63, 3.8) is 0 Å². The predicted octanol–water partition coefficient (Wildman–Crippen LogP) is 2.76. The van der Waals surface area contributed by atoms with Crippen LogP contribution in [0.25, 0.3) is 0 Å². The van der Waals surface area contributed by atoms with Crippen molar-refractivity contribution in [1.29, 1.82) is 0 Å². The Morgan fingerprint density at radius 3 is 1.38 bits per heavy atom. The number of aliphatic hydroxyl groups excluding tert-OH is 1. The zero-order valence-electron chi connectivity index (χ0n) is 10.2. The van der Waals surface area contributed by atoms with E-state index in [-0.39, 0.29) is 11.1 Å². The molecule has 1 atom stereocenters. The average Bonchev–Trinajstić information content (AvgIpc) is 1.84. The fraction of sp³-hybridized carbons (Fsp3) is 1.00. The van der Waals surface area contributed by atoms with E-state index in [0.717, 1.165) is 6.42 Å². The van der Waals surface area contributed by atoms with Crippen molar-refractivity contribution < 1.29 is 9.90 Å². The van der Waals surface area contributed by atoms with Gasteiger partial charge in [-0.25, -0.2) is 0 Å². The average molecular weight is 206 g/mol. The second kappa shape index (κ2) is 5.78. The van der Waals surface area contributed by atoms with E-state index in [1.165, 1.54) is 0 Å². The maximum absolute atomic E-state index is 9.49. The minimum Gasteiger partial charge on any atom is -0.432 e. The Balaban J connectivity index is 0. The van der Waals surface area contributed by atoms with Gasteiger partial charge in [0.1, 0.15) is 0 Å². The van der Waals surface area contributed by atoms with Crippen LogP contribution in [-0.2, 0) is 0 Å². The van der Waals surface area contributed by atoms with E-state index in [4.69, 9.17) is 5.11 Å². The number of hydrogen-bond acceptors (Lipinski definition) is 2. The van der Waals surface area contributed by atoms with Crippen LogP contribution in [0.15, 0.2) is 0 Å². The van der Waals surface area contributed by atoms with Crippen molar-refractivity contribution in [2.24, 2.45) is 0 Å². The molecule has 0 radical (unpaired) electrons. The van der Waals surface area contributed by atoms with Crippen LogP contribution in [0.4, 0.5) is 0 Å². The summed E-state index contributed by atoms with van der Waals surface area (Å²) in [7, 11) is -1.86. The molecule has 0 saturated carbocycles. The van der Waals surface area contributed by atoms with E-state index in [0.29, 0.717) is 0 Å². The lowest BCUT2D eigenvalue weighted by molar-refractivity contribution is 0.191. The second-order valence-corrected chi connectivity index (χ2v) is 9.68. The third kappa shape index (κ3) is 10.1. The van der Waals surface area contributed by atoms with Gasteiger partial charge in [-0.3, -0.25) is 0 Å². The summed E-state index contributed by atoms with van der Waals surface area (Å²) in [6, 6.07) is 0. The summed E-state index contributed by atoms with van der Waals surface area (Å²) in [5.74, 6) is 0. The normalized spacial score (nSPS) is 14.5. The molecule has 0 aliphatic rings. The highest BCUT2D eigenvalue weighted by molar-refractivity contribution is 6.72. The molecule has 82 valence electrons. The van der Waals surface area contributed by atoms with Crippen LogP contribution in [0.1, 0.15) is 41.0 Å². The predicted molar refractivity (Wildman–Crippen MR) is 61.4 cm³/mol. The van der Waals surface area contributed by atoms with Crippen LogP contribution in [0, 0.1) is 0 Å². The molecule has 0 bridgehead atoms.